The zero-order chi connectivity index (χ0) is 14.4. The molecule has 18 heavy (non-hydrogen) atoms. The molecule has 4 heteroatoms. The molecule has 0 amide bonds. The summed E-state index contributed by atoms with van der Waals surface area (Å²) < 4.78 is 4.90. The van der Waals surface area contributed by atoms with E-state index in [1.165, 1.54) is 0 Å². The van der Waals surface area contributed by atoms with Crippen molar-refractivity contribution >= 4 is 5.97 Å². The van der Waals surface area contributed by atoms with Crippen molar-refractivity contribution in [2.24, 2.45) is 0 Å². The van der Waals surface area contributed by atoms with Crippen LogP contribution >= 0.6 is 0 Å². The van der Waals surface area contributed by atoms with E-state index in [2.05, 4.69) is 16.7 Å². The smallest absolute Gasteiger partial charge is 0.320 e. The fourth-order valence-corrected chi connectivity index (χ4v) is 1.65. The SMILES string of the molecule is CC.CC.CCOC(=O)CN1CCN(CC)CC1. The van der Waals surface area contributed by atoms with E-state index in [4.69, 9.17) is 4.74 Å². The molecule has 1 saturated heterocycles. The Morgan fingerprint density at radius 1 is 0.944 bits per heavy atom. The van der Waals surface area contributed by atoms with Crippen LogP contribution in [0.15, 0.2) is 0 Å². The molecule has 4 nitrogen and oxygen atoms in total. The molecular formula is C14H32N2O2. The van der Waals surface area contributed by atoms with Crippen LogP contribution in [0, 0.1) is 0 Å². The number of carbonyl (C=O) groups is 1. The van der Waals surface area contributed by atoms with Crippen molar-refractivity contribution in [1.29, 1.82) is 0 Å². The van der Waals surface area contributed by atoms with Gasteiger partial charge in [0.1, 0.15) is 0 Å². The number of ether oxygens (including phenoxy) is 1. The van der Waals surface area contributed by atoms with Crippen molar-refractivity contribution in [3.63, 3.8) is 0 Å². The first kappa shape index (κ1) is 19.7. The number of rotatable bonds is 4. The van der Waals surface area contributed by atoms with Gasteiger partial charge in [-0.1, -0.05) is 34.6 Å². The summed E-state index contributed by atoms with van der Waals surface area (Å²) in [6, 6.07) is 0. The lowest BCUT2D eigenvalue weighted by Crippen LogP contribution is -2.47. The highest BCUT2D eigenvalue weighted by molar-refractivity contribution is 5.71. The summed E-state index contributed by atoms with van der Waals surface area (Å²) in [7, 11) is 0. The van der Waals surface area contributed by atoms with Gasteiger partial charge in [-0.3, -0.25) is 9.69 Å². The predicted octanol–water partition coefficient (Wildman–Crippen LogP) is 2.24. The van der Waals surface area contributed by atoms with Crippen LogP contribution in [0.1, 0.15) is 41.5 Å². The molecule has 0 N–H and O–H groups in total. The molecule has 0 aromatic rings. The third-order valence-electron chi connectivity index (χ3n) is 2.57. The molecule has 0 aliphatic carbocycles. The topological polar surface area (TPSA) is 32.8 Å². The molecule has 1 rings (SSSR count). The molecule has 1 heterocycles. The van der Waals surface area contributed by atoms with Crippen LogP contribution in [-0.4, -0.2) is 61.6 Å². The van der Waals surface area contributed by atoms with Crippen LogP contribution in [-0.2, 0) is 9.53 Å². The quantitative estimate of drug-likeness (QED) is 0.726. The number of carbonyl (C=O) groups excluding carboxylic acids is 1. The molecule has 0 aromatic heterocycles. The first-order chi connectivity index (χ1) is 8.76. The van der Waals surface area contributed by atoms with E-state index in [0.29, 0.717) is 13.2 Å². The van der Waals surface area contributed by atoms with E-state index >= 15 is 0 Å². The number of likely N-dealkylation sites (N-methyl/N-ethyl adjacent to an activating group) is 1. The average Bonchev–Trinajstić information content (AvgIpc) is 2.44. The third-order valence-corrected chi connectivity index (χ3v) is 2.57. The van der Waals surface area contributed by atoms with Gasteiger partial charge >= 0.3 is 5.97 Å². The Bertz CT molecular complexity index is 179. The maximum absolute atomic E-state index is 11.2. The lowest BCUT2D eigenvalue weighted by Gasteiger charge is -2.33. The second kappa shape index (κ2) is 14.5. The minimum atomic E-state index is -0.0996. The molecule has 110 valence electrons. The summed E-state index contributed by atoms with van der Waals surface area (Å²) in [5.41, 5.74) is 0. The highest BCUT2D eigenvalue weighted by Gasteiger charge is 2.17. The van der Waals surface area contributed by atoms with E-state index in [1.807, 2.05) is 34.6 Å². The first-order valence-electron chi connectivity index (χ1n) is 7.36. The molecule has 0 unspecified atom stereocenters. The molecule has 0 atom stereocenters. The number of hydrogen-bond acceptors (Lipinski definition) is 4. The molecule has 0 bridgehead atoms. The largest absolute Gasteiger partial charge is 0.465 e. The third kappa shape index (κ3) is 9.42. The Kier molecular flexibility index (Phi) is 15.8. The first-order valence-corrected chi connectivity index (χ1v) is 7.36. The summed E-state index contributed by atoms with van der Waals surface area (Å²) in [6.07, 6.45) is 0. The summed E-state index contributed by atoms with van der Waals surface area (Å²) in [5, 5.41) is 0. The number of esters is 1. The van der Waals surface area contributed by atoms with Crippen molar-refractivity contribution in [1.82, 2.24) is 9.80 Å². The highest BCUT2D eigenvalue weighted by atomic mass is 16.5. The molecule has 1 aliphatic heterocycles. The molecular weight excluding hydrogens is 228 g/mol. The minimum Gasteiger partial charge on any atom is -0.465 e. The van der Waals surface area contributed by atoms with Gasteiger partial charge in [0.25, 0.3) is 0 Å². The Balaban J connectivity index is 0. The van der Waals surface area contributed by atoms with Gasteiger partial charge in [0, 0.05) is 26.2 Å². The normalized spacial score (nSPS) is 15.9. The van der Waals surface area contributed by atoms with E-state index < -0.39 is 0 Å². The molecule has 0 spiro atoms. The van der Waals surface area contributed by atoms with E-state index in [-0.39, 0.29) is 5.97 Å². The van der Waals surface area contributed by atoms with Crippen LogP contribution in [0.5, 0.6) is 0 Å². The lowest BCUT2D eigenvalue weighted by molar-refractivity contribution is -0.144. The van der Waals surface area contributed by atoms with Crippen LogP contribution in [0.25, 0.3) is 0 Å². The average molecular weight is 260 g/mol. The van der Waals surface area contributed by atoms with Crippen LogP contribution < -0.4 is 0 Å². The fourth-order valence-electron chi connectivity index (χ4n) is 1.65. The van der Waals surface area contributed by atoms with Gasteiger partial charge in [-0.05, 0) is 13.5 Å². The van der Waals surface area contributed by atoms with Crippen LogP contribution in [0.2, 0.25) is 0 Å². The monoisotopic (exact) mass is 260 g/mol. The second-order valence-corrected chi connectivity index (χ2v) is 3.52. The van der Waals surface area contributed by atoms with Gasteiger partial charge < -0.3 is 9.64 Å². The van der Waals surface area contributed by atoms with Gasteiger partial charge in [-0.15, -0.1) is 0 Å². The zero-order valence-corrected chi connectivity index (χ0v) is 13.2. The summed E-state index contributed by atoms with van der Waals surface area (Å²) >= 11 is 0. The van der Waals surface area contributed by atoms with E-state index in [9.17, 15) is 4.79 Å². The second-order valence-electron chi connectivity index (χ2n) is 3.52. The van der Waals surface area contributed by atoms with E-state index in [0.717, 1.165) is 32.7 Å². The minimum absolute atomic E-state index is 0.0996. The van der Waals surface area contributed by atoms with Gasteiger partial charge in [0.15, 0.2) is 0 Å². The molecule has 0 radical (unpaired) electrons. The van der Waals surface area contributed by atoms with Gasteiger partial charge in [0.2, 0.25) is 0 Å². The number of nitrogens with zero attached hydrogens (tertiary/aromatic N) is 2. The highest BCUT2D eigenvalue weighted by Crippen LogP contribution is 2.00. The predicted molar refractivity (Wildman–Crippen MR) is 77.9 cm³/mol. The maximum atomic E-state index is 11.2. The molecule has 0 aromatic carbocycles. The Morgan fingerprint density at radius 3 is 1.78 bits per heavy atom. The standard InChI is InChI=1S/C10H20N2O2.2C2H6/c1-3-11-5-7-12(8-6-11)9-10(13)14-4-2;2*1-2/h3-9H2,1-2H3;2*1-2H3. The summed E-state index contributed by atoms with van der Waals surface area (Å²) in [5.74, 6) is -0.0996. The van der Waals surface area contributed by atoms with Crippen molar-refractivity contribution < 1.29 is 9.53 Å². The van der Waals surface area contributed by atoms with Crippen molar-refractivity contribution in [2.75, 3.05) is 45.9 Å². The van der Waals surface area contributed by atoms with Gasteiger partial charge in [0.05, 0.1) is 13.2 Å². The summed E-state index contributed by atoms with van der Waals surface area (Å²) in [4.78, 5) is 15.7. The van der Waals surface area contributed by atoms with Crippen LogP contribution in [0.3, 0.4) is 0 Å². The Labute approximate surface area is 113 Å². The molecule has 0 saturated carbocycles. The number of piperazine rings is 1. The van der Waals surface area contributed by atoms with E-state index in [1.54, 1.807) is 0 Å². The summed E-state index contributed by atoms with van der Waals surface area (Å²) in [6.45, 7) is 18.1. The fraction of sp³-hybridized carbons (Fsp3) is 0.929. The molecule has 1 fully saturated rings. The Morgan fingerprint density at radius 2 is 1.39 bits per heavy atom. The zero-order valence-electron chi connectivity index (χ0n) is 13.2. The van der Waals surface area contributed by atoms with Crippen molar-refractivity contribution in [3.05, 3.63) is 0 Å². The maximum Gasteiger partial charge on any atom is 0.320 e. The molecule has 1 aliphatic rings. The van der Waals surface area contributed by atoms with Gasteiger partial charge in [-0.25, -0.2) is 0 Å². The van der Waals surface area contributed by atoms with Gasteiger partial charge in [-0.2, -0.15) is 0 Å². The van der Waals surface area contributed by atoms with Crippen molar-refractivity contribution in [2.45, 2.75) is 41.5 Å². The lowest BCUT2D eigenvalue weighted by atomic mass is 10.3. The number of hydrogen-bond donors (Lipinski definition) is 0. The van der Waals surface area contributed by atoms with Crippen molar-refractivity contribution in [3.8, 4) is 0 Å². The Hall–Kier alpha value is -0.610. The van der Waals surface area contributed by atoms with Crippen LogP contribution in [0.4, 0.5) is 0 Å².